The van der Waals surface area contributed by atoms with Gasteiger partial charge in [0.05, 0.1) is 7.11 Å². The Bertz CT molecular complexity index is 558. The topological polar surface area (TPSA) is 58.6 Å². The first-order valence-corrected chi connectivity index (χ1v) is 7.91. The molecule has 0 radical (unpaired) electrons. The van der Waals surface area contributed by atoms with Gasteiger partial charge in [-0.3, -0.25) is 9.59 Å². The summed E-state index contributed by atoms with van der Waals surface area (Å²) >= 11 is 0. The molecule has 0 bridgehead atoms. The van der Waals surface area contributed by atoms with E-state index in [0.29, 0.717) is 18.5 Å². The van der Waals surface area contributed by atoms with Crippen LogP contribution in [0.4, 0.5) is 5.69 Å². The third-order valence-corrected chi connectivity index (χ3v) is 4.59. The molecule has 0 unspecified atom stereocenters. The Kier molecular flexibility index (Phi) is 4.05. The average molecular weight is 302 g/mol. The van der Waals surface area contributed by atoms with E-state index in [0.717, 1.165) is 31.7 Å². The summed E-state index contributed by atoms with van der Waals surface area (Å²) in [5, 5.41) is 2.87. The van der Waals surface area contributed by atoms with Crippen LogP contribution in [0, 0.1) is 5.41 Å². The summed E-state index contributed by atoms with van der Waals surface area (Å²) in [4.78, 5) is 27.1. The molecule has 2 amide bonds. The number of ether oxygens (including phenoxy) is 1. The highest BCUT2D eigenvalue weighted by molar-refractivity contribution is 6.13. The number of rotatable bonds is 4. The summed E-state index contributed by atoms with van der Waals surface area (Å²) in [6, 6.07) is 7.17. The molecular formula is C17H22N2O3. The minimum Gasteiger partial charge on any atom is -0.497 e. The zero-order valence-electron chi connectivity index (χ0n) is 12.9. The molecule has 22 heavy (non-hydrogen) atoms. The predicted octanol–water partition coefficient (Wildman–Crippen LogP) is 2.43. The van der Waals surface area contributed by atoms with Crippen LogP contribution < -0.4 is 10.1 Å². The van der Waals surface area contributed by atoms with Crippen molar-refractivity contribution < 1.29 is 14.3 Å². The molecule has 1 N–H and O–H groups in total. The Labute approximate surface area is 130 Å². The van der Waals surface area contributed by atoms with Gasteiger partial charge in [0.1, 0.15) is 11.2 Å². The number of carbonyl (C=O) groups is 2. The summed E-state index contributed by atoms with van der Waals surface area (Å²) in [5.41, 5.74) is -0.124. The molecule has 1 aromatic carbocycles. The number of nitrogens with zero attached hydrogens (tertiary/aromatic N) is 1. The van der Waals surface area contributed by atoms with E-state index in [1.807, 2.05) is 4.90 Å². The fourth-order valence-corrected chi connectivity index (χ4v) is 2.99. The van der Waals surface area contributed by atoms with Crippen molar-refractivity contribution in [3.8, 4) is 5.75 Å². The number of nitrogens with one attached hydrogen (secondary N) is 1. The number of anilines is 1. The fourth-order valence-electron chi connectivity index (χ4n) is 2.99. The van der Waals surface area contributed by atoms with Gasteiger partial charge < -0.3 is 15.0 Å². The van der Waals surface area contributed by atoms with Crippen LogP contribution in [-0.4, -0.2) is 36.9 Å². The Morgan fingerprint density at radius 1 is 1.09 bits per heavy atom. The van der Waals surface area contributed by atoms with Crippen molar-refractivity contribution in [1.82, 2.24) is 4.90 Å². The normalized spacial score (nSPS) is 19.4. The van der Waals surface area contributed by atoms with Crippen molar-refractivity contribution in [2.75, 3.05) is 25.5 Å². The molecule has 118 valence electrons. The van der Waals surface area contributed by atoms with Gasteiger partial charge in [-0.1, -0.05) is 0 Å². The number of methoxy groups -OCH3 is 1. The summed E-state index contributed by atoms with van der Waals surface area (Å²) in [6.07, 6.45) is 4.58. The van der Waals surface area contributed by atoms with Gasteiger partial charge >= 0.3 is 0 Å². The number of amides is 2. The van der Waals surface area contributed by atoms with Gasteiger partial charge in [-0.25, -0.2) is 0 Å². The molecule has 0 aromatic heterocycles. The Hall–Kier alpha value is -2.04. The lowest BCUT2D eigenvalue weighted by Gasteiger charge is -2.30. The van der Waals surface area contributed by atoms with E-state index in [9.17, 15) is 9.59 Å². The molecule has 0 atom stereocenters. The highest BCUT2D eigenvalue weighted by Gasteiger charge is 2.58. The highest BCUT2D eigenvalue weighted by Crippen LogP contribution is 2.48. The molecule has 1 heterocycles. The van der Waals surface area contributed by atoms with Crippen molar-refractivity contribution in [2.45, 2.75) is 32.1 Å². The number of carbonyl (C=O) groups excluding carboxylic acids is 2. The molecule has 3 rings (SSSR count). The summed E-state index contributed by atoms with van der Waals surface area (Å²) in [5.74, 6) is 0.579. The van der Waals surface area contributed by atoms with E-state index < -0.39 is 5.41 Å². The Morgan fingerprint density at radius 2 is 1.73 bits per heavy atom. The summed E-state index contributed by atoms with van der Waals surface area (Å²) in [6.45, 7) is 1.58. The zero-order chi connectivity index (χ0) is 15.6. The summed E-state index contributed by atoms with van der Waals surface area (Å²) < 4.78 is 5.10. The van der Waals surface area contributed by atoms with Crippen LogP contribution in [0.15, 0.2) is 24.3 Å². The minimum atomic E-state index is -0.822. The van der Waals surface area contributed by atoms with Gasteiger partial charge in [-0.15, -0.1) is 0 Å². The second-order valence-corrected chi connectivity index (χ2v) is 6.12. The van der Waals surface area contributed by atoms with Crippen LogP contribution in [0.2, 0.25) is 0 Å². The first-order valence-electron chi connectivity index (χ1n) is 7.91. The first kappa shape index (κ1) is 14.9. The van der Waals surface area contributed by atoms with E-state index >= 15 is 0 Å². The number of likely N-dealkylation sites (tertiary alicyclic amines) is 1. The SMILES string of the molecule is COc1ccc(NC(=O)C2(C(=O)N3CCCCC3)CC2)cc1. The third-order valence-electron chi connectivity index (χ3n) is 4.59. The van der Waals surface area contributed by atoms with Crippen LogP contribution >= 0.6 is 0 Å². The van der Waals surface area contributed by atoms with Crippen molar-refractivity contribution in [1.29, 1.82) is 0 Å². The summed E-state index contributed by atoms with van der Waals surface area (Å²) in [7, 11) is 1.60. The van der Waals surface area contributed by atoms with Gasteiger partial charge in [0.2, 0.25) is 11.8 Å². The number of piperidine rings is 1. The third kappa shape index (κ3) is 2.80. The van der Waals surface area contributed by atoms with Gasteiger partial charge in [-0.05, 0) is 56.4 Å². The molecule has 2 aliphatic rings. The predicted molar refractivity (Wildman–Crippen MR) is 83.7 cm³/mol. The second kappa shape index (κ2) is 5.99. The maximum Gasteiger partial charge on any atom is 0.240 e. The van der Waals surface area contributed by atoms with Crippen molar-refractivity contribution >= 4 is 17.5 Å². The number of hydrogen-bond donors (Lipinski definition) is 1. The molecule has 1 aliphatic heterocycles. The largest absolute Gasteiger partial charge is 0.497 e. The van der Waals surface area contributed by atoms with Crippen LogP contribution in [-0.2, 0) is 9.59 Å². The Morgan fingerprint density at radius 3 is 2.27 bits per heavy atom. The maximum atomic E-state index is 12.7. The van der Waals surface area contributed by atoms with Gasteiger partial charge in [0.25, 0.3) is 0 Å². The van der Waals surface area contributed by atoms with E-state index in [4.69, 9.17) is 4.74 Å². The molecule has 1 saturated heterocycles. The minimum absolute atomic E-state index is 0.0122. The lowest BCUT2D eigenvalue weighted by Crippen LogP contribution is -2.45. The fraction of sp³-hybridized carbons (Fsp3) is 0.529. The monoisotopic (exact) mass is 302 g/mol. The molecule has 1 aliphatic carbocycles. The molecule has 0 spiro atoms. The van der Waals surface area contributed by atoms with Gasteiger partial charge in [-0.2, -0.15) is 0 Å². The maximum absolute atomic E-state index is 12.7. The van der Waals surface area contributed by atoms with Crippen LogP contribution in [0.1, 0.15) is 32.1 Å². The molecule has 2 fully saturated rings. The molecular weight excluding hydrogens is 280 g/mol. The van der Waals surface area contributed by atoms with E-state index in [1.54, 1.807) is 31.4 Å². The number of benzene rings is 1. The smallest absolute Gasteiger partial charge is 0.240 e. The van der Waals surface area contributed by atoms with E-state index in [2.05, 4.69) is 5.32 Å². The quantitative estimate of drug-likeness (QED) is 0.869. The van der Waals surface area contributed by atoms with Crippen molar-refractivity contribution in [3.63, 3.8) is 0 Å². The van der Waals surface area contributed by atoms with E-state index in [-0.39, 0.29) is 11.8 Å². The molecule has 5 heteroatoms. The van der Waals surface area contributed by atoms with Gasteiger partial charge in [0.15, 0.2) is 0 Å². The van der Waals surface area contributed by atoms with Crippen LogP contribution in [0.3, 0.4) is 0 Å². The zero-order valence-corrected chi connectivity index (χ0v) is 12.9. The lowest BCUT2D eigenvalue weighted by molar-refractivity contribution is -0.143. The first-order chi connectivity index (χ1) is 10.7. The van der Waals surface area contributed by atoms with Crippen LogP contribution in [0.5, 0.6) is 5.75 Å². The average Bonchev–Trinajstić information content (AvgIpc) is 3.37. The second-order valence-electron chi connectivity index (χ2n) is 6.12. The van der Waals surface area contributed by atoms with Gasteiger partial charge in [0, 0.05) is 18.8 Å². The highest BCUT2D eigenvalue weighted by atomic mass is 16.5. The lowest BCUT2D eigenvalue weighted by atomic mass is 10.0. The Balaban J connectivity index is 1.66. The van der Waals surface area contributed by atoms with Crippen molar-refractivity contribution in [2.24, 2.45) is 5.41 Å². The molecule has 1 saturated carbocycles. The van der Waals surface area contributed by atoms with Crippen LogP contribution in [0.25, 0.3) is 0 Å². The molecule has 1 aromatic rings. The van der Waals surface area contributed by atoms with E-state index in [1.165, 1.54) is 6.42 Å². The molecule has 5 nitrogen and oxygen atoms in total. The standard InChI is InChI=1S/C17H22N2O3/c1-22-14-7-5-13(6-8-14)18-15(20)17(9-10-17)16(21)19-11-3-2-4-12-19/h5-8H,2-4,9-12H2,1H3,(H,18,20). The number of hydrogen-bond acceptors (Lipinski definition) is 3. The van der Waals surface area contributed by atoms with Crippen molar-refractivity contribution in [3.05, 3.63) is 24.3 Å².